The van der Waals surface area contributed by atoms with Gasteiger partial charge in [0.25, 0.3) is 0 Å². The van der Waals surface area contributed by atoms with Crippen LogP contribution in [0.3, 0.4) is 0 Å². The van der Waals surface area contributed by atoms with Gasteiger partial charge in [-0.05, 0) is 32.9 Å². The van der Waals surface area contributed by atoms with Crippen LogP contribution in [-0.4, -0.2) is 28.8 Å². The summed E-state index contributed by atoms with van der Waals surface area (Å²) in [5, 5.41) is 0. The quantitative estimate of drug-likeness (QED) is 0.461. The zero-order chi connectivity index (χ0) is 21.5. The van der Waals surface area contributed by atoms with Crippen molar-refractivity contribution in [1.29, 1.82) is 0 Å². The van der Waals surface area contributed by atoms with Crippen LogP contribution in [0.25, 0.3) is 11.3 Å². The van der Waals surface area contributed by atoms with Crippen molar-refractivity contribution in [2.75, 3.05) is 7.11 Å². The number of nitrogens with zero attached hydrogens (tertiary/aromatic N) is 2. The van der Waals surface area contributed by atoms with Gasteiger partial charge in [0.15, 0.2) is 11.5 Å². The molecular weight excluding hydrogens is 380 g/mol. The summed E-state index contributed by atoms with van der Waals surface area (Å²) >= 11 is 0. The van der Waals surface area contributed by atoms with Gasteiger partial charge in [0, 0.05) is 34.4 Å². The van der Waals surface area contributed by atoms with Gasteiger partial charge in [-0.1, -0.05) is 30.3 Å². The topological polar surface area (TPSA) is 78.4 Å². The first kappa shape index (κ1) is 19.8. The van der Waals surface area contributed by atoms with Gasteiger partial charge in [-0.15, -0.1) is 0 Å². The molecule has 1 atom stereocenters. The normalized spacial score (nSPS) is 14.9. The van der Waals surface area contributed by atoms with E-state index < -0.39 is 5.41 Å². The lowest BCUT2D eigenvalue weighted by molar-refractivity contribution is -0.151. The molecule has 1 aliphatic rings. The van der Waals surface area contributed by atoms with E-state index in [9.17, 15) is 9.59 Å². The molecule has 6 heteroatoms. The maximum atomic E-state index is 12.6. The van der Waals surface area contributed by atoms with Crippen LogP contribution in [0.15, 0.2) is 54.9 Å². The molecule has 2 aromatic heterocycles. The minimum absolute atomic E-state index is 0.0141. The molecule has 0 radical (unpaired) electrons. The SMILES string of the molecule is COC(=O)C(C)(C)C1c2ccncc2Oc2nc(-c3ccc(C(C)=O)cc3)ccc21. The Hall–Kier alpha value is -3.54. The minimum atomic E-state index is -0.838. The Labute approximate surface area is 174 Å². The lowest BCUT2D eigenvalue weighted by Gasteiger charge is -2.36. The molecule has 1 aromatic carbocycles. The van der Waals surface area contributed by atoms with E-state index in [4.69, 9.17) is 14.5 Å². The Kier molecular flexibility index (Phi) is 4.86. The lowest BCUT2D eigenvalue weighted by atomic mass is 9.70. The van der Waals surface area contributed by atoms with Gasteiger partial charge < -0.3 is 9.47 Å². The number of benzene rings is 1. The fourth-order valence-corrected chi connectivity index (χ4v) is 3.93. The van der Waals surface area contributed by atoms with Gasteiger partial charge in [0.1, 0.15) is 0 Å². The van der Waals surface area contributed by atoms with Gasteiger partial charge in [-0.2, -0.15) is 0 Å². The van der Waals surface area contributed by atoms with Gasteiger partial charge in [0.2, 0.25) is 5.88 Å². The molecule has 0 aliphatic carbocycles. The smallest absolute Gasteiger partial charge is 0.312 e. The molecular formula is C24H22N2O4. The van der Waals surface area contributed by atoms with Crippen molar-refractivity contribution in [1.82, 2.24) is 9.97 Å². The number of rotatable bonds is 4. The zero-order valence-electron chi connectivity index (χ0n) is 17.3. The molecule has 3 aromatic rings. The number of ether oxygens (including phenoxy) is 2. The summed E-state index contributed by atoms with van der Waals surface area (Å²) in [7, 11) is 1.39. The first-order valence-electron chi connectivity index (χ1n) is 9.65. The van der Waals surface area contributed by atoms with E-state index in [1.54, 1.807) is 24.5 Å². The Bertz CT molecular complexity index is 1140. The molecule has 1 unspecified atom stereocenters. The number of ketones is 1. The summed E-state index contributed by atoms with van der Waals surface area (Å²) in [5.41, 5.74) is 3.07. The average molecular weight is 402 g/mol. The predicted molar refractivity (Wildman–Crippen MR) is 112 cm³/mol. The fraction of sp³-hybridized carbons (Fsp3) is 0.250. The molecule has 3 heterocycles. The number of aromatic nitrogens is 2. The molecule has 0 N–H and O–H groups in total. The standard InChI is InChI=1S/C24H22N2O4/c1-14(27)15-5-7-16(8-6-15)19-10-9-18-21(24(2,3)23(28)29-4)17-11-12-25-13-20(17)30-22(18)26-19/h5-13,21H,1-4H3. The van der Waals surface area contributed by atoms with Crippen LogP contribution in [0.4, 0.5) is 0 Å². The Morgan fingerprint density at radius 3 is 2.43 bits per heavy atom. The highest BCUT2D eigenvalue weighted by Gasteiger charge is 2.45. The van der Waals surface area contributed by atoms with E-state index in [0.717, 1.165) is 16.7 Å². The van der Waals surface area contributed by atoms with Crippen molar-refractivity contribution in [2.45, 2.75) is 26.7 Å². The average Bonchev–Trinajstić information content (AvgIpc) is 2.76. The Morgan fingerprint density at radius 2 is 1.77 bits per heavy atom. The number of carbonyl (C=O) groups is 2. The van der Waals surface area contributed by atoms with Crippen molar-refractivity contribution in [3.05, 3.63) is 71.5 Å². The van der Waals surface area contributed by atoms with Crippen LogP contribution < -0.4 is 4.74 Å². The van der Waals surface area contributed by atoms with Gasteiger partial charge in [0.05, 0.1) is 24.4 Å². The van der Waals surface area contributed by atoms with E-state index in [-0.39, 0.29) is 17.7 Å². The summed E-state index contributed by atoms with van der Waals surface area (Å²) in [6.07, 6.45) is 3.32. The molecule has 152 valence electrons. The third kappa shape index (κ3) is 3.24. The Balaban J connectivity index is 1.82. The second kappa shape index (κ2) is 7.37. The van der Waals surface area contributed by atoms with Crippen molar-refractivity contribution in [3.63, 3.8) is 0 Å². The third-order valence-corrected chi connectivity index (χ3v) is 5.56. The monoisotopic (exact) mass is 402 g/mol. The molecule has 0 fully saturated rings. The highest BCUT2D eigenvalue weighted by molar-refractivity contribution is 5.94. The van der Waals surface area contributed by atoms with E-state index in [2.05, 4.69) is 4.98 Å². The molecule has 0 saturated heterocycles. The summed E-state index contributed by atoms with van der Waals surface area (Å²) < 4.78 is 11.1. The van der Waals surface area contributed by atoms with E-state index in [1.807, 2.05) is 44.2 Å². The van der Waals surface area contributed by atoms with Crippen molar-refractivity contribution in [2.24, 2.45) is 5.41 Å². The molecule has 4 rings (SSSR count). The Morgan fingerprint density at radius 1 is 1.03 bits per heavy atom. The van der Waals surface area contributed by atoms with Crippen LogP contribution in [-0.2, 0) is 9.53 Å². The molecule has 30 heavy (non-hydrogen) atoms. The number of esters is 1. The van der Waals surface area contributed by atoms with E-state index in [1.165, 1.54) is 14.0 Å². The second-order valence-corrected chi connectivity index (χ2v) is 7.89. The van der Waals surface area contributed by atoms with E-state index in [0.29, 0.717) is 22.9 Å². The molecule has 6 nitrogen and oxygen atoms in total. The number of pyridine rings is 2. The summed E-state index contributed by atoms with van der Waals surface area (Å²) in [6, 6.07) is 13.0. The molecule has 0 spiro atoms. The minimum Gasteiger partial charge on any atom is -0.469 e. The number of hydrogen-bond acceptors (Lipinski definition) is 6. The molecule has 0 amide bonds. The van der Waals surface area contributed by atoms with Crippen LogP contribution >= 0.6 is 0 Å². The number of fused-ring (bicyclic) bond motifs is 2. The van der Waals surface area contributed by atoms with Crippen LogP contribution in [0.5, 0.6) is 11.6 Å². The first-order chi connectivity index (χ1) is 14.3. The molecule has 0 saturated carbocycles. The van der Waals surface area contributed by atoms with Crippen molar-refractivity contribution >= 4 is 11.8 Å². The van der Waals surface area contributed by atoms with E-state index >= 15 is 0 Å². The first-order valence-corrected chi connectivity index (χ1v) is 9.65. The van der Waals surface area contributed by atoms with Crippen molar-refractivity contribution < 1.29 is 19.1 Å². The maximum Gasteiger partial charge on any atom is 0.312 e. The zero-order valence-corrected chi connectivity index (χ0v) is 17.3. The highest BCUT2D eigenvalue weighted by Crippen LogP contribution is 2.51. The summed E-state index contributed by atoms with van der Waals surface area (Å²) in [6.45, 7) is 5.25. The molecule has 0 bridgehead atoms. The summed E-state index contributed by atoms with van der Waals surface area (Å²) in [4.78, 5) is 33.0. The van der Waals surface area contributed by atoms with Gasteiger partial charge in [-0.25, -0.2) is 4.98 Å². The number of Topliss-reactive ketones (excluding diaryl/α,β-unsaturated/α-hetero) is 1. The lowest BCUT2D eigenvalue weighted by Crippen LogP contribution is -2.35. The third-order valence-electron chi connectivity index (χ3n) is 5.56. The van der Waals surface area contributed by atoms with Crippen LogP contribution in [0.2, 0.25) is 0 Å². The maximum absolute atomic E-state index is 12.6. The van der Waals surface area contributed by atoms with Crippen LogP contribution in [0.1, 0.15) is 48.2 Å². The number of hydrogen-bond donors (Lipinski definition) is 0. The second-order valence-electron chi connectivity index (χ2n) is 7.89. The number of carbonyl (C=O) groups excluding carboxylic acids is 2. The highest BCUT2D eigenvalue weighted by atomic mass is 16.5. The van der Waals surface area contributed by atoms with Gasteiger partial charge >= 0.3 is 5.97 Å². The largest absolute Gasteiger partial charge is 0.469 e. The summed E-state index contributed by atoms with van der Waals surface area (Å²) in [5.74, 6) is 0.412. The van der Waals surface area contributed by atoms with Gasteiger partial charge in [-0.3, -0.25) is 14.6 Å². The molecule has 1 aliphatic heterocycles. The fourth-order valence-electron chi connectivity index (χ4n) is 3.93. The number of methoxy groups -OCH3 is 1. The predicted octanol–water partition coefficient (Wildman–Crippen LogP) is 4.78. The van der Waals surface area contributed by atoms with Crippen molar-refractivity contribution in [3.8, 4) is 22.9 Å². The van der Waals surface area contributed by atoms with Crippen LogP contribution in [0, 0.1) is 5.41 Å².